The predicted molar refractivity (Wildman–Crippen MR) is 77.6 cm³/mol. The van der Waals surface area contributed by atoms with E-state index in [9.17, 15) is 9.59 Å². The van der Waals surface area contributed by atoms with E-state index in [0.29, 0.717) is 12.7 Å². The Labute approximate surface area is 135 Å². The van der Waals surface area contributed by atoms with Gasteiger partial charge >= 0.3 is 0 Å². The summed E-state index contributed by atoms with van der Waals surface area (Å²) in [6.07, 6.45) is -0.317. The number of rotatable bonds is 2. The standard InChI is InChI=1S/C16H24O7/c1-9-5-10(2)21-16(20-9)11(6-17)8-19-12(7-18)13-14(16)23-15(3,4)22-13/h6-7,9-14H,5,8H2,1-4H3/t9-,10+,11-,12-,13+,14+,16?/m1/s1. The molecule has 23 heavy (non-hydrogen) atoms. The molecule has 0 aromatic rings. The number of fused-ring (bicyclic) bond motifs is 2. The normalized spacial score (nSPS) is 49.4. The largest absolute Gasteiger partial charge is 0.367 e. The lowest BCUT2D eigenvalue weighted by molar-refractivity contribution is -0.365. The van der Waals surface area contributed by atoms with Crippen molar-refractivity contribution >= 4 is 12.6 Å². The smallest absolute Gasteiger partial charge is 0.210 e. The van der Waals surface area contributed by atoms with E-state index in [1.54, 1.807) is 13.8 Å². The van der Waals surface area contributed by atoms with E-state index in [4.69, 9.17) is 23.7 Å². The molecule has 130 valence electrons. The maximum absolute atomic E-state index is 11.7. The molecule has 3 aliphatic rings. The third-order valence-electron chi connectivity index (χ3n) is 4.57. The van der Waals surface area contributed by atoms with Crippen molar-refractivity contribution in [1.29, 1.82) is 0 Å². The summed E-state index contributed by atoms with van der Waals surface area (Å²) in [5.41, 5.74) is 0. The first-order valence-electron chi connectivity index (χ1n) is 8.05. The summed E-state index contributed by atoms with van der Waals surface area (Å²) in [6, 6.07) is 0. The lowest BCUT2D eigenvalue weighted by atomic mass is 9.89. The molecule has 7 nitrogen and oxygen atoms in total. The number of hydrogen-bond acceptors (Lipinski definition) is 7. The van der Waals surface area contributed by atoms with Gasteiger partial charge in [-0.15, -0.1) is 0 Å². The lowest BCUT2D eigenvalue weighted by Gasteiger charge is -2.48. The van der Waals surface area contributed by atoms with Crippen LogP contribution in [0.2, 0.25) is 0 Å². The third kappa shape index (κ3) is 2.85. The molecule has 3 heterocycles. The van der Waals surface area contributed by atoms with Crippen LogP contribution in [0, 0.1) is 5.92 Å². The molecule has 1 spiro atoms. The number of carbonyl (C=O) groups is 2. The molecule has 0 aromatic heterocycles. The van der Waals surface area contributed by atoms with Crippen LogP contribution < -0.4 is 0 Å². The van der Waals surface area contributed by atoms with Crippen LogP contribution in [0.1, 0.15) is 34.1 Å². The fourth-order valence-corrected chi connectivity index (χ4v) is 3.76. The van der Waals surface area contributed by atoms with Gasteiger partial charge in [-0.3, -0.25) is 0 Å². The zero-order valence-electron chi connectivity index (χ0n) is 13.9. The first-order chi connectivity index (χ1) is 10.8. The van der Waals surface area contributed by atoms with Crippen LogP contribution in [0.5, 0.6) is 0 Å². The molecule has 1 unspecified atom stereocenters. The van der Waals surface area contributed by atoms with Gasteiger partial charge < -0.3 is 33.3 Å². The SMILES string of the molecule is C[C@@H]1C[C@H](C)OC2(O1)[C@H](C=O)CO[C@H](C=O)[C@@H]1OC(C)(C)O[C@@H]12. The molecule has 3 rings (SSSR count). The van der Waals surface area contributed by atoms with Gasteiger partial charge in [0.15, 0.2) is 12.1 Å². The molecule has 0 saturated carbocycles. The van der Waals surface area contributed by atoms with Gasteiger partial charge in [0.2, 0.25) is 5.79 Å². The summed E-state index contributed by atoms with van der Waals surface area (Å²) in [6.45, 7) is 7.39. The second kappa shape index (κ2) is 5.89. The van der Waals surface area contributed by atoms with E-state index >= 15 is 0 Å². The van der Waals surface area contributed by atoms with E-state index in [1.165, 1.54) is 0 Å². The van der Waals surface area contributed by atoms with Crippen LogP contribution in [0.4, 0.5) is 0 Å². The van der Waals surface area contributed by atoms with Crippen molar-refractivity contribution in [2.75, 3.05) is 6.61 Å². The van der Waals surface area contributed by atoms with E-state index in [-0.39, 0.29) is 18.8 Å². The van der Waals surface area contributed by atoms with Crippen molar-refractivity contribution in [2.45, 2.75) is 76.2 Å². The van der Waals surface area contributed by atoms with Crippen molar-refractivity contribution < 1.29 is 33.3 Å². The fraction of sp³-hybridized carbons (Fsp3) is 0.875. The molecule has 3 saturated heterocycles. The quantitative estimate of drug-likeness (QED) is 0.695. The number of hydrogen-bond donors (Lipinski definition) is 0. The highest BCUT2D eigenvalue weighted by Gasteiger charge is 2.64. The minimum atomic E-state index is -1.31. The number of carbonyl (C=O) groups excluding carboxylic acids is 2. The van der Waals surface area contributed by atoms with Crippen molar-refractivity contribution in [1.82, 2.24) is 0 Å². The zero-order chi connectivity index (χ0) is 16.8. The van der Waals surface area contributed by atoms with Gasteiger partial charge in [0, 0.05) is 0 Å². The molecule has 7 atom stereocenters. The van der Waals surface area contributed by atoms with Crippen LogP contribution in [-0.2, 0) is 33.3 Å². The van der Waals surface area contributed by atoms with Crippen LogP contribution in [0.3, 0.4) is 0 Å². The molecular formula is C16H24O7. The van der Waals surface area contributed by atoms with Crippen molar-refractivity contribution in [2.24, 2.45) is 5.92 Å². The second-order valence-corrected chi connectivity index (χ2v) is 7.01. The molecular weight excluding hydrogens is 304 g/mol. The van der Waals surface area contributed by atoms with Crippen LogP contribution in [0.15, 0.2) is 0 Å². The highest BCUT2D eigenvalue weighted by atomic mass is 16.8. The molecule has 0 radical (unpaired) electrons. The molecule has 3 fully saturated rings. The Morgan fingerprint density at radius 3 is 2.17 bits per heavy atom. The maximum Gasteiger partial charge on any atom is 0.210 e. The predicted octanol–water partition coefficient (Wildman–Crippen LogP) is 0.829. The van der Waals surface area contributed by atoms with Gasteiger partial charge in [-0.25, -0.2) is 0 Å². The van der Waals surface area contributed by atoms with Crippen LogP contribution in [0.25, 0.3) is 0 Å². The maximum atomic E-state index is 11.7. The van der Waals surface area contributed by atoms with E-state index in [1.807, 2.05) is 13.8 Å². The molecule has 0 N–H and O–H groups in total. The highest BCUT2D eigenvalue weighted by Crippen LogP contribution is 2.46. The highest BCUT2D eigenvalue weighted by molar-refractivity contribution is 5.60. The van der Waals surface area contributed by atoms with Crippen molar-refractivity contribution in [3.05, 3.63) is 0 Å². The average Bonchev–Trinajstić information content (AvgIpc) is 2.74. The molecule has 0 amide bonds. The van der Waals surface area contributed by atoms with Crippen molar-refractivity contribution in [3.63, 3.8) is 0 Å². The summed E-state index contributed by atoms with van der Waals surface area (Å²) in [5.74, 6) is -2.94. The lowest BCUT2D eigenvalue weighted by Crippen LogP contribution is -2.62. The Hall–Kier alpha value is -0.860. The van der Waals surface area contributed by atoms with Gasteiger partial charge in [0.05, 0.1) is 24.7 Å². The second-order valence-electron chi connectivity index (χ2n) is 7.01. The summed E-state index contributed by atoms with van der Waals surface area (Å²) in [4.78, 5) is 23.2. The Balaban J connectivity index is 2.05. The van der Waals surface area contributed by atoms with E-state index in [0.717, 1.165) is 6.29 Å². The van der Waals surface area contributed by atoms with E-state index < -0.39 is 35.8 Å². The summed E-state index contributed by atoms with van der Waals surface area (Å²) in [5, 5.41) is 0. The number of aldehydes is 2. The fourth-order valence-electron chi connectivity index (χ4n) is 3.76. The summed E-state index contributed by atoms with van der Waals surface area (Å²) >= 11 is 0. The van der Waals surface area contributed by atoms with E-state index in [2.05, 4.69) is 0 Å². The monoisotopic (exact) mass is 328 g/mol. The zero-order valence-corrected chi connectivity index (χ0v) is 13.9. The minimum Gasteiger partial charge on any atom is -0.367 e. The van der Waals surface area contributed by atoms with Crippen molar-refractivity contribution in [3.8, 4) is 0 Å². The molecule has 3 aliphatic heterocycles. The topological polar surface area (TPSA) is 80.3 Å². The number of ether oxygens (including phenoxy) is 5. The van der Waals surface area contributed by atoms with Gasteiger partial charge in [-0.1, -0.05) is 0 Å². The molecule has 7 heteroatoms. The molecule has 0 aromatic carbocycles. The summed E-state index contributed by atoms with van der Waals surface area (Å²) < 4.78 is 29.7. The first-order valence-corrected chi connectivity index (χ1v) is 8.05. The minimum absolute atomic E-state index is 0.0203. The van der Waals surface area contributed by atoms with Gasteiger partial charge in [-0.2, -0.15) is 0 Å². The third-order valence-corrected chi connectivity index (χ3v) is 4.57. The molecule has 0 bridgehead atoms. The Morgan fingerprint density at radius 2 is 1.61 bits per heavy atom. The van der Waals surface area contributed by atoms with Crippen LogP contribution in [-0.4, -0.2) is 61.3 Å². The Kier molecular flexibility index (Phi) is 4.35. The Bertz CT molecular complexity index is 467. The average molecular weight is 328 g/mol. The Morgan fingerprint density at radius 1 is 0.957 bits per heavy atom. The van der Waals surface area contributed by atoms with Crippen LogP contribution >= 0.6 is 0 Å². The molecule has 0 aliphatic carbocycles. The van der Waals surface area contributed by atoms with Gasteiger partial charge in [0.25, 0.3) is 0 Å². The first kappa shape index (κ1) is 17.0. The van der Waals surface area contributed by atoms with Gasteiger partial charge in [0.1, 0.15) is 24.6 Å². The summed E-state index contributed by atoms with van der Waals surface area (Å²) in [7, 11) is 0. The van der Waals surface area contributed by atoms with Gasteiger partial charge in [-0.05, 0) is 34.1 Å².